The van der Waals surface area contributed by atoms with E-state index in [4.69, 9.17) is 10.5 Å². The average Bonchev–Trinajstić information content (AvgIpc) is 2.31. The number of nitrogens with two attached hydrogens (primary N) is 1. The molecule has 0 aliphatic carbocycles. The maximum atomic E-state index is 13.2. The van der Waals surface area contributed by atoms with E-state index in [0.29, 0.717) is 12.1 Å². The van der Waals surface area contributed by atoms with E-state index in [2.05, 4.69) is 5.32 Å². The first-order chi connectivity index (χ1) is 8.40. The summed E-state index contributed by atoms with van der Waals surface area (Å²) in [5.74, 6) is -0.681. The van der Waals surface area contributed by atoms with Crippen molar-refractivity contribution in [3.05, 3.63) is 24.0 Å². The summed E-state index contributed by atoms with van der Waals surface area (Å²) in [7, 11) is 1.37. The highest BCUT2D eigenvalue weighted by Crippen LogP contribution is 2.22. The smallest absolute Gasteiger partial charge is 0.244 e. The Morgan fingerprint density at radius 2 is 2.22 bits per heavy atom. The Bertz CT molecular complexity index is 433. The molecule has 0 saturated heterocycles. The van der Waals surface area contributed by atoms with E-state index in [1.165, 1.54) is 25.3 Å². The van der Waals surface area contributed by atoms with Crippen LogP contribution in [0.5, 0.6) is 5.75 Å². The van der Waals surface area contributed by atoms with Gasteiger partial charge in [-0.2, -0.15) is 0 Å². The van der Waals surface area contributed by atoms with Crippen molar-refractivity contribution in [1.82, 2.24) is 0 Å². The molecule has 0 spiro atoms. The molecule has 0 fully saturated rings. The van der Waals surface area contributed by atoms with Crippen molar-refractivity contribution in [2.24, 2.45) is 5.73 Å². The van der Waals surface area contributed by atoms with Crippen molar-refractivity contribution in [1.29, 1.82) is 0 Å². The zero-order chi connectivity index (χ0) is 13.8. The van der Waals surface area contributed by atoms with Gasteiger partial charge < -0.3 is 15.8 Å². The Kier molecular flexibility index (Phi) is 4.67. The van der Waals surface area contributed by atoms with Gasteiger partial charge in [0.2, 0.25) is 5.91 Å². The van der Waals surface area contributed by atoms with Gasteiger partial charge in [0, 0.05) is 11.8 Å². The molecule has 0 aliphatic rings. The molecular formula is C13H19FN2O2. The summed E-state index contributed by atoms with van der Waals surface area (Å²) in [6.07, 6.45) is 1.39. The van der Waals surface area contributed by atoms with Crippen LogP contribution in [0.3, 0.4) is 0 Å². The third-order valence-electron chi connectivity index (χ3n) is 2.70. The number of anilines is 1. The number of hydrogen-bond donors (Lipinski definition) is 2. The lowest BCUT2D eigenvalue weighted by molar-refractivity contribution is -0.120. The van der Waals surface area contributed by atoms with Crippen LogP contribution in [0.2, 0.25) is 0 Å². The van der Waals surface area contributed by atoms with Crippen molar-refractivity contribution >= 4 is 11.6 Å². The predicted octanol–water partition coefficient (Wildman–Crippen LogP) is 2.29. The third kappa shape index (κ3) is 3.43. The molecule has 1 unspecified atom stereocenters. The molecule has 1 atom stereocenters. The number of halogens is 1. The van der Waals surface area contributed by atoms with E-state index in [9.17, 15) is 9.18 Å². The van der Waals surface area contributed by atoms with Crippen molar-refractivity contribution in [3.63, 3.8) is 0 Å². The Morgan fingerprint density at radius 1 is 1.56 bits per heavy atom. The first-order valence-electron chi connectivity index (χ1n) is 5.84. The zero-order valence-electron chi connectivity index (χ0n) is 10.9. The van der Waals surface area contributed by atoms with Gasteiger partial charge in [0.1, 0.15) is 0 Å². The summed E-state index contributed by atoms with van der Waals surface area (Å²) in [6, 6.07) is 4.13. The maximum Gasteiger partial charge on any atom is 0.244 e. The van der Waals surface area contributed by atoms with Crippen LogP contribution in [0.15, 0.2) is 18.2 Å². The number of benzene rings is 1. The molecule has 1 amide bonds. The first kappa shape index (κ1) is 14.4. The summed E-state index contributed by atoms with van der Waals surface area (Å²) >= 11 is 0. The van der Waals surface area contributed by atoms with Crippen LogP contribution in [0.25, 0.3) is 0 Å². The molecule has 1 aromatic carbocycles. The van der Waals surface area contributed by atoms with Crippen molar-refractivity contribution in [3.8, 4) is 5.75 Å². The lowest BCUT2D eigenvalue weighted by Crippen LogP contribution is -2.48. The maximum absolute atomic E-state index is 13.2. The molecule has 0 saturated carbocycles. The van der Waals surface area contributed by atoms with E-state index in [-0.39, 0.29) is 11.7 Å². The fourth-order valence-electron chi connectivity index (χ4n) is 1.64. The highest BCUT2D eigenvalue weighted by Gasteiger charge is 2.27. The van der Waals surface area contributed by atoms with Gasteiger partial charge >= 0.3 is 0 Å². The topological polar surface area (TPSA) is 64.4 Å². The minimum Gasteiger partial charge on any atom is -0.494 e. The average molecular weight is 254 g/mol. The van der Waals surface area contributed by atoms with Gasteiger partial charge in [-0.05, 0) is 25.5 Å². The zero-order valence-corrected chi connectivity index (χ0v) is 10.9. The molecule has 100 valence electrons. The Hall–Kier alpha value is -1.62. The van der Waals surface area contributed by atoms with E-state index in [1.807, 2.05) is 6.92 Å². The van der Waals surface area contributed by atoms with Gasteiger partial charge in [-0.25, -0.2) is 4.39 Å². The van der Waals surface area contributed by atoms with Gasteiger partial charge in [-0.3, -0.25) is 4.79 Å². The minimum atomic E-state index is -0.934. The normalized spacial score (nSPS) is 13.8. The molecule has 1 aromatic rings. The van der Waals surface area contributed by atoms with Gasteiger partial charge in [0.05, 0.1) is 12.6 Å². The Labute approximate surface area is 106 Å². The van der Waals surface area contributed by atoms with Gasteiger partial charge in [-0.15, -0.1) is 0 Å². The van der Waals surface area contributed by atoms with Crippen LogP contribution in [-0.2, 0) is 4.79 Å². The van der Waals surface area contributed by atoms with Crippen LogP contribution in [0.4, 0.5) is 10.1 Å². The highest BCUT2D eigenvalue weighted by atomic mass is 19.1. The summed E-state index contributed by atoms with van der Waals surface area (Å²) in [4.78, 5) is 11.9. The van der Waals surface area contributed by atoms with Crippen LogP contribution in [-0.4, -0.2) is 18.6 Å². The van der Waals surface area contributed by atoms with E-state index in [0.717, 1.165) is 6.42 Å². The molecule has 0 heterocycles. The van der Waals surface area contributed by atoms with Crippen molar-refractivity contribution < 1.29 is 13.9 Å². The second-order valence-electron chi connectivity index (χ2n) is 4.47. The lowest BCUT2D eigenvalue weighted by Gasteiger charge is -2.22. The molecular weight excluding hydrogens is 235 g/mol. The second kappa shape index (κ2) is 5.82. The van der Waals surface area contributed by atoms with E-state index in [1.54, 1.807) is 6.92 Å². The summed E-state index contributed by atoms with van der Waals surface area (Å²) in [6.45, 7) is 3.63. The van der Waals surface area contributed by atoms with Gasteiger partial charge in [0.15, 0.2) is 11.6 Å². The molecule has 0 aromatic heterocycles. The summed E-state index contributed by atoms with van der Waals surface area (Å²) < 4.78 is 18.0. The SMILES string of the molecule is CCCC(C)(N)C(=O)Nc1ccc(F)c(OC)c1. The highest BCUT2D eigenvalue weighted by molar-refractivity contribution is 5.97. The number of carbonyl (C=O) groups excluding carboxylic acids is 1. The van der Waals surface area contributed by atoms with Crippen LogP contribution in [0, 0.1) is 5.82 Å². The molecule has 0 bridgehead atoms. The number of nitrogens with one attached hydrogen (secondary N) is 1. The number of hydrogen-bond acceptors (Lipinski definition) is 3. The first-order valence-corrected chi connectivity index (χ1v) is 5.84. The predicted molar refractivity (Wildman–Crippen MR) is 69.1 cm³/mol. The molecule has 0 radical (unpaired) electrons. The second-order valence-corrected chi connectivity index (χ2v) is 4.47. The number of rotatable bonds is 5. The monoisotopic (exact) mass is 254 g/mol. The number of amides is 1. The number of carbonyl (C=O) groups is 1. The Balaban J connectivity index is 2.82. The van der Waals surface area contributed by atoms with Gasteiger partial charge in [-0.1, -0.05) is 13.3 Å². The van der Waals surface area contributed by atoms with Gasteiger partial charge in [0.25, 0.3) is 0 Å². The number of ether oxygens (including phenoxy) is 1. The Morgan fingerprint density at radius 3 is 2.78 bits per heavy atom. The number of methoxy groups -OCH3 is 1. The van der Waals surface area contributed by atoms with E-state index < -0.39 is 11.4 Å². The van der Waals surface area contributed by atoms with E-state index >= 15 is 0 Å². The van der Waals surface area contributed by atoms with Crippen LogP contribution in [0.1, 0.15) is 26.7 Å². The fourth-order valence-corrected chi connectivity index (χ4v) is 1.64. The minimum absolute atomic E-state index is 0.0852. The molecule has 18 heavy (non-hydrogen) atoms. The fraction of sp³-hybridized carbons (Fsp3) is 0.462. The van der Waals surface area contributed by atoms with Crippen molar-refractivity contribution in [2.75, 3.05) is 12.4 Å². The quantitative estimate of drug-likeness (QED) is 0.847. The molecule has 4 nitrogen and oxygen atoms in total. The largest absolute Gasteiger partial charge is 0.494 e. The van der Waals surface area contributed by atoms with Crippen LogP contribution >= 0.6 is 0 Å². The summed E-state index contributed by atoms with van der Waals surface area (Å²) in [5.41, 5.74) is 5.43. The summed E-state index contributed by atoms with van der Waals surface area (Å²) in [5, 5.41) is 2.66. The van der Waals surface area contributed by atoms with Crippen LogP contribution < -0.4 is 15.8 Å². The third-order valence-corrected chi connectivity index (χ3v) is 2.70. The van der Waals surface area contributed by atoms with Crippen molar-refractivity contribution in [2.45, 2.75) is 32.2 Å². The molecule has 0 aliphatic heterocycles. The lowest BCUT2D eigenvalue weighted by atomic mass is 9.96. The molecule has 1 rings (SSSR count). The standard InChI is InChI=1S/C13H19FN2O2/c1-4-7-13(2,15)12(17)16-9-5-6-10(14)11(8-9)18-3/h5-6,8H,4,7,15H2,1-3H3,(H,16,17). The molecule has 3 N–H and O–H groups in total. The molecule has 5 heteroatoms.